The van der Waals surface area contributed by atoms with Gasteiger partial charge in [-0.2, -0.15) is 18.3 Å². The fraction of sp³-hybridized carbons (Fsp3) is 0.0909. The number of urea groups is 1. The molecule has 0 aliphatic heterocycles. The first-order chi connectivity index (χ1) is 14.7. The number of carbonyl (C=O) groups is 1. The van der Waals surface area contributed by atoms with Gasteiger partial charge in [-0.15, -0.1) is 0 Å². The van der Waals surface area contributed by atoms with Gasteiger partial charge in [0, 0.05) is 16.8 Å². The van der Waals surface area contributed by atoms with Crippen LogP contribution < -0.4 is 10.6 Å². The van der Waals surface area contributed by atoms with E-state index in [2.05, 4.69) is 20.8 Å². The van der Waals surface area contributed by atoms with Crippen LogP contribution in [0.2, 0.25) is 0 Å². The van der Waals surface area contributed by atoms with Crippen molar-refractivity contribution < 1.29 is 22.4 Å². The molecule has 2 amide bonds. The molecule has 0 unspecified atom stereocenters. The number of nitrogens with one attached hydrogen (secondary N) is 3. The summed E-state index contributed by atoms with van der Waals surface area (Å²) < 4.78 is 53.1. The molecule has 0 spiro atoms. The first-order valence-corrected chi connectivity index (χ1v) is 9.21. The molecule has 0 saturated carbocycles. The van der Waals surface area contributed by atoms with Gasteiger partial charge < -0.3 is 10.6 Å². The summed E-state index contributed by atoms with van der Waals surface area (Å²) >= 11 is 0. The summed E-state index contributed by atoms with van der Waals surface area (Å²) in [4.78, 5) is 12.2. The highest BCUT2D eigenvalue weighted by Crippen LogP contribution is 2.32. The average Bonchev–Trinajstić information content (AvgIpc) is 3.10. The molecule has 0 aliphatic rings. The Bertz CT molecular complexity index is 1280. The number of hydrogen-bond acceptors (Lipinski definition) is 2. The fourth-order valence-corrected chi connectivity index (χ4v) is 3.31. The summed E-state index contributed by atoms with van der Waals surface area (Å²) in [5.41, 5.74) is 1.89. The molecule has 5 nitrogen and oxygen atoms in total. The standard InChI is InChI=1S/C22H16F4N4O/c1-12-20-16(6-3-7-19(20)30-29-12)13-8-9-18(17(23)10-13)28-21(31)27-15-5-2-4-14(11-15)22(24,25)26/h2-11H,1H3,(H,29,30)(H2,27,28,31). The lowest BCUT2D eigenvalue weighted by Gasteiger charge is -2.12. The third-order valence-corrected chi connectivity index (χ3v) is 4.74. The summed E-state index contributed by atoms with van der Waals surface area (Å²) in [6.45, 7) is 1.86. The van der Waals surface area contributed by atoms with Crippen LogP contribution in [-0.2, 0) is 6.18 Å². The average molecular weight is 428 g/mol. The van der Waals surface area contributed by atoms with Crippen LogP contribution >= 0.6 is 0 Å². The maximum atomic E-state index is 14.7. The molecule has 0 aliphatic carbocycles. The van der Waals surface area contributed by atoms with Gasteiger partial charge in [0.1, 0.15) is 5.82 Å². The number of aryl methyl sites for hydroxylation is 1. The Kier molecular flexibility index (Phi) is 5.10. The van der Waals surface area contributed by atoms with E-state index in [1.807, 2.05) is 25.1 Å². The number of halogens is 4. The van der Waals surface area contributed by atoms with E-state index in [0.717, 1.165) is 34.3 Å². The van der Waals surface area contributed by atoms with Crippen LogP contribution in [0.4, 0.5) is 33.7 Å². The van der Waals surface area contributed by atoms with E-state index in [9.17, 15) is 22.4 Å². The zero-order chi connectivity index (χ0) is 22.2. The molecule has 3 aromatic carbocycles. The molecule has 158 valence electrons. The van der Waals surface area contributed by atoms with Crippen LogP contribution in [0.25, 0.3) is 22.0 Å². The van der Waals surface area contributed by atoms with Crippen molar-refractivity contribution in [3.05, 3.63) is 77.7 Å². The van der Waals surface area contributed by atoms with Gasteiger partial charge in [-0.1, -0.05) is 24.3 Å². The van der Waals surface area contributed by atoms with Crippen LogP contribution in [-0.4, -0.2) is 16.2 Å². The lowest BCUT2D eigenvalue weighted by molar-refractivity contribution is -0.137. The van der Waals surface area contributed by atoms with Crippen LogP contribution in [0.3, 0.4) is 0 Å². The van der Waals surface area contributed by atoms with E-state index in [1.54, 1.807) is 6.07 Å². The number of aromatic amines is 1. The zero-order valence-electron chi connectivity index (χ0n) is 16.1. The summed E-state index contributed by atoms with van der Waals surface area (Å²) in [5.74, 6) is -0.685. The quantitative estimate of drug-likeness (QED) is 0.333. The number of amides is 2. The predicted octanol–water partition coefficient (Wildman–Crippen LogP) is 6.34. The van der Waals surface area contributed by atoms with E-state index in [0.29, 0.717) is 5.56 Å². The minimum atomic E-state index is -4.54. The van der Waals surface area contributed by atoms with Crippen molar-refractivity contribution in [3.8, 4) is 11.1 Å². The third kappa shape index (κ3) is 4.20. The minimum Gasteiger partial charge on any atom is -0.308 e. The molecule has 0 bridgehead atoms. The number of H-pyrrole nitrogens is 1. The Morgan fingerprint density at radius 2 is 1.77 bits per heavy atom. The van der Waals surface area contributed by atoms with E-state index in [4.69, 9.17) is 0 Å². The van der Waals surface area contributed by atoms with Gasteiger partial charge in [-0.3, -0.25) is 5.10 Å². The number of fused-ring (bicyclic) bond motifs is 1. The first-order valence-electron chi connectivity index (χ1n) is 9.21. The van der Waals surface area contributed by atoms with E-state index < -0.39 is 23.6 Å². The van der Waals surface area contributed by atoms with Crippen LogP contribution in [0.5, 0.6) is 0 Å². The molecular weight excluding hydrogens is 412 g/mol. The maximum absolute atomic E-state index is 14.7. The second kappa shape index (κ2) is 7.75. The molecule has 3 N–H and O–H groups in total. The number of benzene rings is 3. The van der Waals surface area contributed by atoms with Gasteiger partial charge in [0.25, 0.3) is 0 Å². The molecule has 4 aromatic rings. The monoisotopic (exact) mass is 428 g/mol. The Morgan fingerprint density at radius 3 is 2.52 bits per heavy atom. The molecule has 9 heteroatoms. The van der Waals surface area contributed by atoms with Gasteiger partial charge in [-0.05, 0) is 54.4 Å². The molecule has 4 rings (SSSR count). The Morgan fingerprint density at radius 1 is 1.00 bits per heavy atom. The number of anilines is 2. The lowest BCUT2D eigenvalue weighted by atomic mass is 10.00. The molecular formula is C22H16F4N4O. The second-order valence-electron chi connectivity index (χ2n) is 6.90. The second-order valence-corrected chi connectivity index (χ2v) is 6.90. The molecule has 0 radical (unpaired) electrons. The predicted molar refractivity (Wildman–Crippen MR) is 110 cm³/mol. The lowest BCUT2D eigenvalue weighted by Crippen LogP contribution is -2.20. The third-order valence-electron chi connectivity index (χ3n) is 4.74. The van der Waals surface area contributed by atoms with Crippen molar-refractivity contribution >= 4 is 28.3 Å². The van der Waals surface area contributed by atoms with Gasteiger partial charge in [0.15, 0.2) is 0 Å². The van der Waals surface area contributed by atoms with Crippen molar-refractivity contribution in [1.29, 1.82) is 0 Å². The molecule has 31 heavy (non-hydrogen) atoms. The van der Waals surface area contributed by atoms with E-state index >= 15 is 0 Å². The Labute approximate surface area is 174 Å². The van der Waals surface area contributed by atoms with Crippen molar-refractivity contribution in [3.63, 3.8) is 0 Å². The first kappa shape index (κ1) is 20.4. The normalized spacial score (nSPS) is 11.5. The SMILES string of the molecule is Cc1[nH]nc2cccc(-c3ccc(NC(=O)Nc4cccc(C(F)(F)F)c4)c(F)c3)c12. The highest BCUT2D eigenvalue weighted by Gasteiger charge is 2.30. The van der Waals surface area contributed by atoms with Crippen molar-refractivity contribution in [2.75, 3.05) is 10.6 Å². The highest BCUT2D eigenvalue weighted by molar-refractivity contribution is 6.00. The Balaban J connectivity index is 1.54. The number of hydrogen-bond donors (Lipinski definition) is 3. The number of alkyl halides is 3. The molecule has 0 fully saturated rings. The summed E-state index contributed by atoms with van der Waals surface area (Å²) in [7, 11) is 0. The van der Waals surface area contributed by atoms with Crippen molar-refractivity contribution in [1.82, 2.24) is 10.2 Å². The van der Waals surface area contributed by atoms with E-state index in [-0.39, 0.29) is 11.4 Å². The summed E-state index contributed by atoms with van der Waals surface area (Å²) in [6.07, 6.45) is -4.54. The van der Waals surface area contributed by atoms with Gasteiger partial charge in [0.05, 0.1) is 16.8 Å². The number of rotatable bonds is 3. The number of aromatic nitrogens is 2. The minimum absolute atomic E-state index is 0.0635. The highest BCUT2D eigenvalue weighted by atomic mass is 19.4. The van der Waals surface area contributed by atoms with Crippen LogP contribution in [0.1, 0.15) is 11.3 Å². The van der Waals surface area contributed by atoms with Gasteiger partial charge >= 0.3 is 12.2 Å². The van der Waals surface area contributed by atoms with Crippen LogP contribution in [0, 0.1) is 12.7 Å². The fourth-order valence-electron chi connectivity index (χ4n) is 3.31. The molecule has 1 aromatic heterocycles. The van der Waals surface area contributed by atoms with Crippen LogP contribution in [0.15, 0.2) is 60.7 Å². The van der Waals surface area contributed by atoms with Crippen molar-refractivity contribution in [2.24, 2.45) is 0 Å². The summed E-state index contributed by atoms with van der Waals surface area (Å²) in [5, 5.41) is 12.5. The van der Waals surface area contributed by atoms with Gasteiger partial charge in [-0.25, -0.2) is 9.18 Å². The van der Waals surface area contributed by atoms with Crippen molar-refractivity contribution in [2.45, 2.75) is 13.1 Å². The molecule has 1 heterocycles. The van der Waals surface area contributed by atoms with E-state index in [1.165, 1.54) is 24.3 Å². The number of carbonyl (C=O) groups excluding carboxylic acids is 1. The Hall–Kier alpha value is -3.88. The maximum Gasteiger partial charge on any atom is 0.416 e. The largest absolute Gasteiger partial charge is 0.416 e. The zero-order valence-corrected chi connectivity index (χ0v) is 16.1. The summed E-state index contributed by atoms with van der Waals surface area (Å²) in [6, 6.07) is 13.1. The molecule has 0 atom stereocenters. The molecule has 0 saturated heterocycles. The van der Waals surface area contributed by atoms with Gasteiger partial charge in [0.2, 0.25) is 0 Å². The topological polar surface area (TPSA) is 69.8 Å². The smallest absolute Gasteiger partial charge is 0.308 e. The number of nitrogens with zero attached hydrogens (tertiary/aromatic N) is 1.